The first-order valence-electron chi connectivity index (χ1n) is 9.56. The van der Waals surface area contributed by atoms with Gasteiger partial charge in [-0.15, -0.1) is 0 Å². The first kappa shape index (κ1) is 18.9. The van der Waals surface area contributed by atoms with Crippen molar-refractivity contribution in [3.05, 3.63) is 75.7 Å². The fourth-order valence-corrected chi connectivity index (χ4v) is 3.55. The van der Waals surface area contributed by atoms with Crippen LogP contribution in [0.5, 0.6) is 5.75 Å². The Hall–Kier alpha value is -3.41. The lowest BCUT2D eigenvalue weighted by Crippen LogP contribution is -2.28. The number of carbonyl (C=O) groups is 1. The fourth-order valence-electron chi connectivity index (χ4n) is 3.55. The van der Waals surface area contributed by atoms with E-state index in [4.69, 9.17) is 4.74 Å². The summed E-state index contributed by atoms with van der Waals surface area (Å²) in [6.45, 7) is 3.71. The zero-order valence-corrected chi connectivity index (χ0v) is 16.7. The van der Waals surface area contributed by atoms with Gasteiger partial charge >= 0.3 is 0 Å². The molecule has 0 aliphatic heterocycles. The van der Waals surface area contributed by atoms with Gasteiger partial charge in [-0.1, -0.05) is 18.2 Å². The molecule has 0 spiro atoms. The van der Waals surface area contributed by atoms with Crippen LogP contribution in [0.2, 0.25) is 0 Å². The molecule has 0 unspecified atom stereocenters. The molecule has 1 aliphatic rings. The van der Waals surface area contributed by atoms with Gasteiger partial charge in [0.15, 0.2) is 0 Å². The predicted molar refractivity (Wildman–Crippen MR) is 112 cm³/mol. The fraction of sp³-hybridized carbons (Fsp3) is 0.261. The Labute approximate surface area is 169 Å². The number of H-pyrrole nitrogens is 1. The molecular formula is C23H23N3O3. The lowest BCUT2D eigenvalue weighted by atomic mass is 9.94. The zero-order valence-electron chi connectivity index (χ0n) is 16.7. The number of anilines is 1. The van der Waals surface area contributed by atoms with Crippen LogP contribution in [0.1, 0.15) is 29.5 Å². The summed E-state index contributed by atoms with van der Waals surface area (Å²) in [4.78, 5) is 32.1. The van der Waals surface area contributed by atoms with E-state index >= 15 is 0 Å². The molecule has 1 aromatic carbocycles. The van der Waals surface area contributed by atoms with Gasteiger partial charge in [-0.25, -0.2) is 4.98 Å². The monoisotopic (exact) mass is 389 g/mol. The lowest BCUT2D eigenvalue weighted by molar-refractivity contribution is -0.118. The molecule has 0 bridgehead atoms. The van der Waals surface area contributed by atoms with Crippen LogP contribution in [0.25, 0.3) is 11.3 Å². The highest BCUT2D eigenvalue weighted by atomic mass is 16.5. The van der Waals surface area contributed by atoms with Crippen molar-refractivity contribution in [1.29, 1.82) is 0 Å². The SMILES string of the molecule is COc1cccc(C2(C(=O)Nc3ccc(C)c(-c4c[nH]c(=O)c(C)c4)n3)CC2)c1. The van der Waals surface area contributed by atoms with Crippen molar-refractivity contribution >= 4 is 11.7 Å². The summed E-state index contributed by atoms with van der Waals surface area (Å²) in [5.74, 6) is 1.17. The minimum Gasteiger partial charge on any atom is -0.497 e. The van der Waals surface area contributed by atoms with Crippen LogP contribution in [0, 0.1) is 13.8 Å². The maximum atomic E-state index is 13.1. The third-order valence-electron chi connectivity index (χ3n) is 5.51. The molecule has 1 fully saturated rings. The van der Waals surface area contributed by atoms with Gasteiger partial charge in [-0.3, -0.25) is 9.59 Å². The Morgan fingerprint density at radius 1 is 1.14 bits per heavy atom. The van der Waals surface area contributed by atoms with Gasteiger partial charge in [0, 0.05) is 17.3 Å². The molecule has 6 heteroatoms. The van der Waals surface area contributed by atoms with Gasteiger partial charge in [0.25, 0.3) is 5.56 Å². The van der Waals surface area contributed by atoms with E-state index in [0.29, 0.717) is 11.4 Å². The Balaban J connectivity index is 1.62. The minimum absolute atomic E-state index is 0.0642. The number of aromatic nitrogens is 2. The molecule has 6 nitrogen and oxygen atoms in total. The second-order valence-corrected chi connectivity index (χ2v) is 7.53. The van der Waals surface area contributed by atoms with Gasteiger partial charge in [-0.05, 0) is 62.1 Å². The molecule has 2 aromatic heterocycles. The summed E-state index contributed by atoms with van der Waals surface area (Å²) in [6.07, 6.45) is 3.24. The average molecular weight is 389 g/mol. The van der Waals surface area contributed by atoms with Crippen LogP contribution >= 0.6 is 0 Å². The molecule has 2 heterocycles. The summed E-state index contributed by atoms with van der Waals surface area (Å²) < 4.78 is 5.30. The normalized spacial score (nSPS) is 14.3. The number of aromatic amines is 1. The topological polar surface area (TPSA) is 84.1 Å². The van der Waals surface area contributed by atoms with Crippen molar-refractivity contribution in [3.63, 3.8) is 0 Å². The molecular weight excluding hydrogens is 366 g/mol. The molecule has 0 radical (unpaired) electrons. The van der Waals surface area contributed by atoms with E-state index in [9.17, 15) is 9.59 Å². The summed E-state index contributed by atoms with van der Waals surface area (Å²) >= 11 is 0. The molecule has 0 atom stereocenters. The van der Waals surface area contributed by atoms with Crippen LogP contribution in [-0.2, 0) is 10.2 Å². The Kier molecular flexibility index (Phi) is 4.70. The van der Waals surface area contributed by atoms with Crippen LogP contribution in [-0.4, -0.2) is 23.0 Å². The molecule has 1 amide bonds. The molecule has 0 saturated heterocycles. The molecule has 1 saturated carbocycles. The molecule has 4 rings (SSSR count). The number of pyridine rings is 2. The molecule has 3 aromatic rings. The van der Waals surface area contributed by atoms with Crippen LogP contribution in [0.4, 0.5) is 5.82 Å². The molecule has 148 valence electrons. The third kappa shape index (κ3) is 3.53. The third-order valence-corrected chi connectivity index (χ3v) is 5.51. The molecule has 1 aliphatic carbocycles. The number of hydrogen-bond acceptors (Lipinski definition) is 4. The number of carbonyl (C=O) groups excluding carboxylic acids is 1. The maximum absolute atomic E-state index is 13.1. The second-order valence-electron chi connectivity index (χ2n) is 7.53. The number of nitrogens with one attached hydrogen (secondary N) is 2. The van der Waals surface area contributed by atoms with Crippen molar-refractivity contribution in [1.82, 2.24) is 9.97 Å². The summed E-state index contributed by atoms with van der Waals surface area (Å²) in [5, 5.41) is 2.98. The number of ether oxygens (including phenoxy) is 1. The van der Waals surface area contributed by atoms with Gasteiger partial charge in [0.1, 0.15) is 11.6 Å². The summed E-state index contributed by atoms with van der Waals surface area (Å²) in [7, 11) is 1.62. The number of aryl methyl sites for hydroxylation is 2. The zero-order chi connectivity index (χ0) is 20.6. The minimum atomic E-state index is -0.532. The first-order valence-corrected chi connectivity index (χ1v) is 9.56. The highest BCUT2D eigenvalue weighted by Crippen LogP contribution is 2.49. The Bertz CT molecular complexity index is 1150. The maximum Gasteiger partial charge on any atom is 0.250 e. The van der Waals surface area contributed by atoms with Gasteiger partial charge in [0.2, 0.25) is 5.91 Å². The van der Waals surface area contributed by atoms with Gasteiger partial charge < -0.3 is 15.0 Å². The van der Waals surface area contributed by atoms with Gasteiger partial charge in [0.05, 0.1) is 18.2 Å². The number of nitrogens with zero attached hydrogens (tertiary/aromatic N) is 1. The number of methoxy groups -OCH3 is 1. The van der Waals surface area contributed by atoms with Crippen molar-refractivity contribution in [2.45, 2.75) is 32.1 Å². The smallest absolute Gasteiger partial charge is 0.250 e. The highest BCUT2D eigenvalue weighted by Gasteiger charge is 2.51. The summed E-state index contributed by atoms with van der Waals surface area (Å²) in [6, 6.07) is 13.2. The number of benzene rings is 1. The second kappa shape index (κ2) is 7.20. The van der Waals surface area contributed by atoms with Crippen LogP contribution in [0.3, 0.4) is 0 Å². The first-order chi connectivity index (χ1) is 13.9. The Morgan fingerprint density at radius 3 is 2.62 bits per heavy atom. The molecule has 29 heavy (non-hydrogen) atoms. The average Bonchev–Trinajstić information content (AvgIpc) is 3.54. The Morgan fingerprint density at radius 2 is 1.93 bits per heavy atom. The molecule has 2 N–H and O–H groups in total. The predicted octanol–water partition coefficient (Wildman–Crippen LogP) is 3.73. The number of hydrogen-bond donors (Lipinski definition) is 2. The standard InChI is InChI=1S/C23H23N3O3/c1-14-7-8-19(25-20(14)16-11-15(2)21(27)24-13-16)26-22(28)23(9-10-23)17-5-4-6-18(12-17)29-3/h4-8,11-13H,9-10H2,1-3H3,(H,24,27)(H,25,26,28). The van der Waals surface area contributed by atoms with Crippen LogP contribution < -0.4 is 15.6 Å². The summed E-state index contributed by atoms with van der Waals surface area (Å²) in [5.41, 5.74) is 3.42. The van der Waals surface area contributed by atoms with Crippen molar-refractivity contribution in [2.75, 3.05) is 12.4 Å². The highest BCUT2D eigenvalue weighted by molar-refractivity contribution is 6.01. The van der Waals surface area contributed by atoms with E-state index in [1.54, 1.807) is 32.4 Å². The quantitative estimate of drug-likeness (QED) is 0.696. The number of amides is 1. The van der Waals surface area contributed by atoms with Crippen molar-refractivity contribution in [2.24, 2.45) is 0 Å². The van der Waals surface area contributed by atoms with E-state index in [0.717, 1.165) is 41.0 Å². The van der Waals surface area contributed by atoms with E-state index < -0.39 is 5.41 Å². The lowest BCUT2D eigenvalue weighted by Gasteiger charge is -2.17. The van der Waals surface area contributed by atoms with Gasteiger partial charge in [-0.2, -0.15) is 0 Å². The van der Waals surface area contributed by atoms with E-state index in [1.807, 2.05) is 37.3 Å². The van der Waals surface area contributed by atoms with E-state index in [-0.39, 0.29) is 11.5 Å². The van der Waals surface area contributed by atoms with E-state index in [2.05, 4.69) is 15.3 Å². The largest absolute Gasteiger partial charge is 0.497 e. The van der Waals surface area contributed by atoms with Crippen LogP contribution in [0.15, 0.2) is 53.5 Å². The van der Waals surface area contributed by atoms with Crippen molar-refractivity contribution in [3.8, 4) is 17.0 Å². The number of rotatable bonds is 5. The van der Waals surface area contributed by atoms with E-state index in [1.165, 1.54) is 0 Å². The van der Waals surface area contributed by atoms with Crippen molar-refractivity contribution < 1.29 is 9.53 Å².